The van der Waals surface area contributed by atoms with E-state index in [4.69, 9.17) is 9.68 Å². The molecule has 1 N–H and O–H groups in total. The number of anilines is 1. The van der Waals surface area contributed by atoms with E-state index >= 15 is 0 Å². The van der Waals surface area contributed by atoms with Gasteiger partial charge >= 0.3 is 0 Å². The van der Waals surface area contributed by atoms with Crippen LogP contribution in [0.3, 0.4) is 0 Å². The number of carbonyl (C=O) groups is 2. The van der Waals surface area contributed by atoms with Crippen LogP contribution < -0.4 is 5.32 Å². The molecule has 5 nitrogen and oxygen atoms in total. The Kier molecular flexibility index (Phi) is 4.89. The Morgan fingerprint density at radius 2 is 1.95 bits per heavy atom. The smallest absolute Gasteiger partial charge is 0.249 e. The third-order valence-electron chi connectivity index (χ3n) is 2.89. The Bertz CT molecular complexity index is 739. The van der Waals surface area contributed by atoms with Crippen molar-refractivity contribution in [1.29, 1.82) is 5.26 Å². The van der Waals surface area contributed by atoms with E-state index in [1.165, 1.54) is 12.2 Å². The SMILES string of the molecule is Cc1ccc(C=CC(=O)C(C#N)C(=O)Nc2ccccc2)o1. The Hall–Kier alpha value is -3.13. The summed E-state index contributed by atoms with van der Waals surface area (Å²) in [5.41, 5.74) is 0.534. The minimum atomic E-state index is -1.40. The summed E-state index contributed by atoms with van der Waals surface area (Å²) in [7, 11) is 0. The molecule has 0 aliphatic rings. The van der Waals surface area contributed by atoms with Gasteiger partial charge < -0.3 is 9.73 Å². The molecule has 5 heteroatoms. The topological polar surface area (TPSA) is 83.1 Å². The largest absolute Gasteiger partial charge is 0.462 e. The van der Waals surface area contributed by atoms with Crippen LogP contribution >= 0.6 is 0 Å². The van der Waals surface area contributed by atoms with Crippen LogP contribution in [0.15, 0.2) is 53.0 Å². The van der Waals surface area contributed by atoms with E-state index in [0.717, 1.165) is 0 Å². The third-order valence-corrected chi connectivity index (χ3v) is 2.89. The molecule has 0 saturated heterocycles. The van der Waals surface area contributed by atoms with Gasteiger partial charge in [-0.25, -0.2) is 0 Å². The number of furan rings is 1. The lowest BCUT2D eigenvalue weighted by molar-refractivity contribution is -0.126. The van der Waals surface area contributed by atoms with E-state index in [9.17, 15) is 9.59 Å². The summed E-state index contributed by atoms with van der Waals surface area (Å²) in [6.45, 7) is 1.78. The number of para-hydroxylation sites is 1. The van der Waals surface area contributed by atoms with E-state index in [1.54, 1.807) is 55.5 Å². The first-order valence-electron chi connectivity index (χ1n) is 6.64. The van der Waals surface area contributed by atoms with Crippen LogP contribution in [-0.2, 0) is 9.59 Å². The molecule has 1 heterocycles. The molecule has 2 aromatic rings. The van der Waals surface area contributed by atoms with E-state index in [0.29, 0.717) is 17.2 Å². The molecule has 110 valence electrons. The van der Waals surface area contributed by atoms with Crippen LogP contribution in [0, 0.1) is 24.2 Å². The number of ketones is 1. The predicted molar refractivity (Wildman–Crippen MR) is 81.7 cm³/mol. The molecule has 1 unspecified atom stereocenters. The quantitative estimate of drug-likeness (QED) is 0.679. The average Bonchev–Trinajstić information content (AvgIpc) is 2.92. The molecule has 0 radical (unpaired) electrons. The predicted octanol–water partition coefficient (Wildman–Crippen LogP) is 2.95. The summed E-state index contributed by atoms with van der Waals surface area (Å²) in [6.07, 6.45) is 2.62. The van der Waals surface area contributed by atoms with Gasteiger partial charge in [-0.2, -0.15) is 5.26 Å². The first kappa shape index (κ1) is 15.3. The summed E-state index contributed by atoms with van der Waals surface area (Å²) >= 11 is 0. The number of benzene rings is 1. The Morgan fingerprint density at radius 3 is 2.55 bits per heavy atom. The van der Waals surface area contributed by atoms with Crippen molar-refractivity contribution in [3.63, 3.8) is 0 Å². The first-order chi connectivity index (χ1) is 10.6. The fourth-order valence-corrected chi connectivity index (χ4v) is 1.79. The van der Waals surface area contributed by atoms with Crippen molar-refractivity contribution in [1.82, 2.24) is 0 Å². The van der Waals surface area contributed by atoms with Crippen molar-refractivity contribution < 1.29 is 14.0 Å². The van der Waals surface area contributed by atoms with Gasteiger partial charge in [0.1, 0.15) is 11.5 Å². The van der Waals surface area contributed by atoms with Gasteiger partial charge in [0.05, 0.1) is 6.07 Å². The fourth-order valence-electron chi connectivity index (χ4n) is 1.79. The summed E-state index contributed by atoms with van der Waals surface area (Å²) in [5.74, 6) is -1.44. The highest BCUT2D eigenvalue weighted by molar-refractivity contribution is 6.14. The number of amides is 1. The lowest BCUT2D eigenvalue weighted by Gasteiger charge is -2.07. The highest BCUT2D eigenvalue weighted by Gasteiger charge is 2.24. The Labute approximate surface area is 127 Å². The number of hydrogen-bond donors (Lipinski definition) is 1. The lowest BCUT2D eigenvalue weighted by atomic mass is 10.0. The molecule has 0 aliphatic heterocycles. The van der Waals surface area contributed by atoms with Crippen molar-refractivity contribution in [2.24, 2.45) is 5.92 Å². The standard InChI is InChI=1S/C17H14N2O3/c1-12-7-8-14(22-12)9-10-16(20)15(11-18)17(21)19-13-5-3-2-4-6-13/h2-10,15H,1H3,(H,19,21). The molecule has 0 bridgehead atoms. The number of nitrogens with zero attached hydrogens (tertiary/aromatic N) is 1. The Morgan fingerprint density at radius 1 is 1.23 bits per heavy atom. The van der Waals surface area contributed by atoms with Crippen LogP contribution in [0.25, 0.3) is 6.08 Å². The van der Waals surface area contributed by atoms with Crippen LogP contribution in [0.2, 0.25) is 0 Å². The third kappa shape index (κ3) is 3.93. The van der Waals surface area contributed by atoms with Gasteiger partial charge in [-0.3, -0.25) is 9.59 Å². The molecule has 1 amide bonds. The van der Waals surface area contributed by atoms with Crippen LogP contribution in [0.4, 0.5) is 5.69 Å². The highest BCUT2D eigenvalue weighted by atomic mass is 16.3. The lowest BCUT2D eigenvalue weighted by Crippen LogP contribution is -2.27. The molecular formula is C17H14N2O3. The Balaban J connectivity index is 2.04. The molecule has 1 atom stereocenters. The number of allylic oxidation sites excluding steroid dienone is 1. The molecule has 0 fully saturated rings. The van der Waals surface area contributed by atoms with Gasteiger partial charge in [-0.15, -0.1) is 0 Å². The number of nitrogens with one attached hydrogen (secondary N) is 1. The van der Waals surface area contributed by atoms with E-state index in [1.807, 2.05) is 0 Å². The number of aryl methyl sites for hydroxylation is 1. The first-order valence-corrected chi connectivity index (χ1v) is 6.64. The highest BCUT2D eigenvalue weighted by Crippen LogP contribution is 2.11. The second kappa shape index (κ2) is 7.04. The van der Waals surface area contributed by atoms with Crippen molar-refractivity contribution in [2.75, 3.05) is 5.32 Å². The maximum atomic E-state index is 12.0. The van der Waals surface area contributed by atoms with Gasteiger partial charge in [-0.05, 0) is 43.3 Å². The van der Waals surface area contributed by atoms with Gasteiger partial charge in [0, 0.05) is 5.69 Å². The molecule has 1 aromatic carbocycles. The summed E-state index contributed by atoms with van der Waals surface area (Å²) in [5, 5.41) is 11.6. The average molecular weight is 294 g/mol. The molecular weight excluding hydrogens is 280 g/mol. The minimum Gasteiger partial charge on any atom is -0.462 e. The van der Waals surface area contributed by atoms with Crippen molar-refractivity contribution in [3.05, 3.63) is 60.1 Å². The van der Waals surface area contributed by atoms with E-state index in [2.05, 4.69) is 5.32 Å². The van der Waals surface area contributed by atoms with Gasteiger partial charge in [0.25, 0.3) is 0 Å². The number of rotatable bonds is 5. The molecule has 22 heavy (non-hydrogen) atoms. The summed E-state index contributed by atoms with van der Waals surface area (Å²) < 4.78 is 5.28. The zero-order valence-electron chi connectivity index (χ0n) is 11.9. The molecule has 2 rings (SSSR count). The zero-order chi connectivity index (χ0) is 15.9. The normalized spacial score (nSPS) is 11.8. The zero-order valence-corrected chi connectivity index (χ0v) is 11.9. The number of nitriles is 1. The van der Waals surface area contributed by atoms with Crippen LogP contribution in [0.1, 0.15) is 11.5 Å². The van der Waals surface area contributed by atoms with Crippen molar-refractivity contribution in [3.8, 4) is 6.07 Å². The van der Waals surface area contributed by atoms with E-state index < -0.39 is 17.6 Å². The van der Waals surface area contributed by atoms with Crippen LogP contribution in [-0.4, -0.2) is 11.7 Å². The van der Waals surface area contributed by atoms with Gasteiger partial charge in [0.2, 0.25) is 5.91 Å². The minimum absolute atomic E-state index is 0.492. The second-order valence-electron chi connectivity index (χ2n) is 4.60. The van der Waals surface area contributed by atoms with Crippen LogP contribution in [0.5, 0.6) is 0 Å². The maximum Gasteiger partial charge on any atom is 0.249 e. The van der Waals surface area contributed by atoms with Crippen molar-refractivity contribution >= 4 is 23.5 Å². The summed E-state index contributed by atoms with van der Waals surface area (Å²) in [4.78, 5) is 24.0. The molecule has 0 aliphatic carbocycles. The monoisotopic (exact) mass is 294 g/mol. The van der Waals surface area contributed by atoms with Gasteiger partial charge in [0.15, 0.2) is 11.7 Å². The van der Waals surface area contributed by atoms with Gasteiger partial charge in [-0.1, -0.05) is 18.2 Å². The van der Waals surface area contributed by atoms with E-state index in [-0.39, 0.29) is 0 Å². The second-order valence-corrected chi connectivity index (χ2v) is 4.60. The molecule has 0 spiro atoms. The summed E-state index contributed by atoms with van der Waals surface area (Å²) in [6, 6.07) is 13.8. The number of hydrogen-bond acceptors (Lipinski definition) is 4. The maximum absolute atomic E-state index is 12.0. The van der Waals surface area contributed by atoms with Crippen molar-refractivity contribution in [2.45, 2.75) is 6.92 Å². The molecule has 1 aromatic heterocycles. The molecule has 0 saturated carbocycles. The number of carbonyl (C=O) groups excluding carboxylic acids is 2. The fraction of sp³-hybridized carbons (Fsp3) is 0.118.